The first-order valence-corrected chi connectivity index (χ1v) is 11.8. The zero-order valence-electron chi connectivity index (χ0n) is 21.5. The Hall–Kier alpha value is -4.28. The Labute approximate surface area is 221 Å². The van der Waals surface area contributed by atoms with Crippen molar-refractivity contribution in [1.82, 2.24) is 4.98 Å². The maximum atomic E-state index is 14.7. The molecule has 11 heteroatoms. The third-order valence-electron chi connectivity index (χ3n) is 5.86. The maximum Gasteiger partial charge on any atom is 0.309 e. The van der Waals surface area contributed by atoms with Crippen molar-refractivity contribution < 1.29 is 46.2 Å². The average molecular weight is 548 g/mol. The van der Waals surface area contributed by atoms with Gasteiger partial charge in [-0.15, -0.1) is 0 Å². The number of carbonyl (C=O) groups is 3. The Morgan fingerprint density at radius 3 is 1.95 bits per heavy atom. The number of benzene rings is 2. The quantitative estimate of drug-likeness (QED) is 0.187. The van der Waals surface area contributed by atoms with E-state index in [0.717, 1.165) is 31.2 Å². The van der Waals surface area contributed by atoms with Crippen LogP contribution in [0.5, 0.6) is 11.5 Å². The molecule has 3 rings (SSSR count). The molecule has 1 aromatic heterocycles. The van der Waals surface area contributed by atoms with Crippen molar-refractivity contribution in [3.8, 4) is 11.5 Å². The molecule has 7 nitrogen and oxygen atoms in total. The largest absolute Gasteiger partial charge is 0.493 e. The van der Waals surface area contributed by atoms with Crippen molar-refractivity contribution >= 4 is 17.7 Å². The predicted octanol–water partition coefficient (Wildman–Crippen LogP) is 5.54. The van der Waals surface area contributed by atoms with Crippen LogP contribution < -0.4 is 9.47 Å². The van der Waals surface area contributed by atoms with Gasteiger partial charge in [-0.3, -0.25) is 14.4 Å². The first-order chi connectivity index (χ1) is 18.4. The van der Waals surface area contributed by atoms with E-state index in [2.05, 4.69) is 4.98 Å². The lowest BCUT2D eigenvalue weighted by molar-refractivity contribution is -0.153. The minimum Gasteiger partial charge on any atom is -0.493 e. The molecule has 0 amide bonds. The number of Topliss-reactive ketones (excluding diaryl/α,β-unsaturated/α-hetero) is 1. The molecule has 0 unspecified atom stereocenters. The summed E-state index contributed by atoms with van der Waals surface area (Å²) in [7, 11) is 1.31. The fourth-order valence-corrected chi connectivity index (χ4v) is 4.04. The Kier molecular flexibility index (Phi) is 9.39. The summed E-state index contributed by atoms with van der Waals surface area (Å²) in [6.45, 7) is 3.89. The van der Waals surface area contributed by atoms with Gasteiger partial charge in [0.1, 0.15) is 29.4 Å². The number of esters is 2. The Balaban J connectivity index is 1.85. The van der Waals surface area contributed by atoms with Crippen LogP contribution in [0.4, 0.5) is 17.6 Å². The number of ketones is 1. The molecule has 3 aromatic rings. The summed E-state index contributed by atoms with van der Waals surface area (Å²) in [6.07, 6.45) is -0.370. The van der Waals surface area contributed by atoms with Crippen molar-refractivity contribution in [3.05, 3.63) is 88.8 Å². The first kappa shape index (κ1) is 29.3. The molecule has 39 heavy (non-hydrogen) atoms. The van der Waals surface area contributed by atoms with Crippen LogP contribution in [-0.2, 0) is 14.3 Å². The van der Waals surface area contributed by atoms with Gasteiger partial charge in [-0.1, -0.05) is 19.1 Å². The molecule has 0 aliphatic heterocycles. The van der Waals surface area contributed by atoms with Crippen LogP contribution >= 0.6 is 0 Å². The van der Waals surface area contributed by atoms with E-state index in [9.17, 15) is 31.9 Å². The van der Waals surface area contributed by atoms with E-state index in [1.807, 2.05) is 0 Å². The van der Waals surface area contributed by atoms with Crippen molar-refractivity contribution in [2.45, 2.75) is 39.2 Å². The molecular formula is C28H25F4NO6. The van der Waals surface area contributed by atoms with Crippen LogP contribution in [0.3, 0.4) is 0 Å². The van der Waals surface area contributed by atoms with Gasteiger partial charge in [0.05, 0.1) is 18.9 Å². The van der Waals surface area contributed by atoms with Crippen LogP contribution in [-0.4, -0.2) is 35.9 Å². The van der Waals surface area contributed by atoms with Gasteiger partial charge in [0.25, 0.3) is 0 Å². The molecule has 0 saturated carbocycles. The molecule has 2 aromatic carbocycles. The molecule has 0 saturated heterocycles. The molecule has 206 valence electrons. The fraction of sp³-hybridized carbons (Fsp3) is 0.286. The number of rotatable bonds is 10. The van der Waals surface area contributed by atoms with Crippen LogP contribution in [0.25, 0.3) is 0 Å². The van der Waals surface area contributed by atoms with E-state index in [4.69, 9.17) is 14.2 Å². The summed E-state index contributed by atoms with van der Waals surface area (Å²) in [6, 6.07) is 6.68. The summed E-state index contributed by atoms with van der Waals surface area (Å²) < 4.78 is 72.2. The van der Waals surface area contributed by atoms with E-state index < -0.39 is 65.4 Å². The van der Waals surface area contributed by atoms with Gasteiger partial charge in [0.15, 0.2) is 17.2 Å². The van der Waals surface area contributed by atoms with Gasteiger partial charge in [-0.05, 0) is 30.2 Å². The fourth-order valence-electron chi connectivity index (χ4n) is 4.04. The Morgan fingerprint density at radius 1 is 0.897 bits per heavy atom. The average Bonchev–Trinajstić information content (AvgIpc) is 2.86. The lowest BCUT2D eigenvalue weighted by Gasteiger charge is -2.27. The summed E-state index contributed by atoms with van der Waals surface area (Å²) >= 11 is 0. The zero-order valence-corrected chi connectivity index (χ0v) is 21.5. The minimum absolute atomic E-state index is 0.0814. The highest BCUT2D eigenvalue weighted by atomic mass is 19.1. The lowest BCUT2D eigenvalue weighted by Crippen LogP contribution is -2.29. The number of aromatic nitrogens is 1. The molecule has 0 bridgehead atoms. The van der Waals surface area contributed by atoms with Crippen LogP contribution in [0, 0.1) is 29.2 Å². The molecular weight excluding hydrogens is 522 g/mol. The van der Waals surface area contributed by atoms with E-state index in [-0.39, 0.29) is 28.3 Å². The third kappa shape index (κ3) is 6.98. The van der Waals surface area contributed by atoms with Crippen molar-refractivity contribution in [3.63, 3.8) is 0 Å². The number of methoxy groups -OCH3 is 1. The third-order valence-corrected chi connectivity index (χ3v) is 5.86. The molecule has 0 aliphatic rings. The summed E-state index contributed by atoms with van der Waals surface area (Å²) in [5.74, 6) is -8.49. The number of carbonyl (C=O) groups excluding carboxylic acids is 3. The number of halogens is 4. The molecule has 2 atom stereocenters. The molecule has 0 aliphatic carbocycles. The number of ether oxygens (including phenoxy) is 3. The normalized spacial score (nSPS) is 12.5. The maximum absolute atomic E-state index is 14.7. The summed E-state index contributed by atoms with van der Waals surface area (Å²) in [5, 5.41) is 0. The highest BCUT2D eigenvalue weighted by Crippen LogP contribution is 2.35. The molecule has 0 spiro atoms. The van der Waals surface area contributed by atoms with Crippen LogP contribution in [0.2, 0.25) is 0 Å². The highest BCUT2D eigenvalue weighted by Gasteiger charge is 2.32. The van der Waals surface area contributed by atoms with Crippen molar-refractivity contribution in [1.29, 1.82) is 0 Å². The molecule has 1 heterocycles. The summed E-state index contributed by atoms with van der Waals surface area (Å²) in [4.78, 5) is 41.4. The number of pyridine rings is 1. The number of hydrogen-bond donors (Lipinski definition) is 0. The number of hydrogen-bond acceptors (Lipinski definition) is 7. The highest BCUT2D eigenvalue weighted by molar-refractivity contribution is 5.99. The van der Waals surface area contributed by atoms with E-state index >= 15 is 0 Å². The van der Waals surface area contributed by atoms with Gasteiger partial charge < -0.3 is 14.2 Å². The summed E-state index contributed by atoms with van der Waals surface area (Å²) in [5.41, 5.74) is -0.605. The van der Waals surface area contributed by atoms with Crippen LogP contribution in [0.15, 0.2) is 48.7 Å². The number of nitrogens with zero attached hydrogens (tertiary/aromatic N) is 1. The standard InChI is InChI=1S/C28H25F4NO6/c1-14(11-23(35)26-27(39-16(3)34)24(37-4)9-10-33-26)28(36)38-15(2)25(19-7-5-17(29)12-21(19)31)20-8-6-18(30)13-22(20)32/h5-10,12-15,25H,11H2,1-4H3/t14-,15+/m1/s1. The van der Waals surface area contributed by atoms with Gasteiger partial charge in [0, 0.05) is 37.7 Å². The second kappa shape index (κ2) is 12.5. The second-order valence-corrected chi connectivity index (χ2v) is 8.76. The van der Waals surface area contributed by atoms with Crippen molar-refractivity contribution in [2.24, 2.45) is 5.92 Å². The smallest absolute Gasteiger partial charge is 0.309 e. The van der Waals surface area contributed by atoms with Crippen LogP contribution in [0.1, 0.15) is 54.7 Å². The van der Waals surface area contributed by atoms with Crippen molar-refractivity contribution in [2.75, 3.05) is 7.11 Å². The zero-order chi connectivity index (χ0) is 28.9. The molecule has 0 fully saturated rings. The predicted molar refractivity (Wildman–Crippen MR) is 130 cm³/mol. The first-order valence-electron chi connectivity index (χ1n) is 11.8. The van der Waals surface area contributed by atoms with Gasteiger partial charge in [0.2, 0.25) is 5.75 Å². The topological polar surface area (TPSA) is 91.8 Å². The SMILES string of the molecule is COc1ccnc(C(=O)C[C@@H](C)C(=O)O[C@@H](C)C(c2ccc(F)cc2F)c2ccc(F)cc2F)c1OC(C)=O. The Morgan fingerprint density at radius 2 is 1.46 bits per heavy atom. The van der Waals surface area contributed by atoms with Gasteiger partial charge >= 0.3 is 11.9 Å². The van der Waals surface area contributed by atoms with E-state index in [0.29, 0.717) is 12.1 Å². The monoisotopic (exact) mass is 547 g/mol. The Bertz CT molecular complexity index is 1340. The second-order valence-electron chi connectivity index (χ2n) is 8.76. The molecule has 0 N–H and O–H groups in total. The van der Waals surface area contributed by atoms with E-state index in [1.165, 1.54) is 33.2 Å². The van der Waals surface area contributed by atoms with Gasteiger partial charge in [-0.25, -0.2) is 22.5 Å². The minimum atomic E-state index is -1.27. The van der Waals surface area contributed by atoms with Gasteiger partial charge in [-0.2, -0.15) is 0 Å². The molecule has 0 radical (unpaired) electrons. The van der Waals surface area contributed by atoms with E-state index in [1.54, 1.807) is 0 Å². The lowest BCUT2D eigenvalue weighted by atomic mass is 9.86.